The van der Waals surface area contributed by atoms with Gasteiger partial charge in [-0.1, -0.05) is 0 Å². The van der Waals surface area contributed by atoms with Crippen molar-refractivity contribution in [1.29, 1.82) is 0 Å². The number of nitrogens with two attached hydrogens (primary N) is 1. The molecule has 1 aromatic carbocycles. The minimum atomic E-state index is -3.84. The van der Waals surface area contributed by atoms with Crippen LogP contribution in [0.15, 0.2) is 46.8 Å². The van der Waals surface area contributed by atoms with Crippen LogP contribution >= 0.6 is 11.3 Å². The molecule has 0 aliphatic carbocycles. The average molecular weight is 474 g/mol. The summed E-state index contributed by atoms with van der Waals surface area (Å²) in [6, 6.07) is 8.56. The van der Waals surface area contributed by atoms with Crippen LogP contribution in [-0.4, -0.2) is 37.6 Å². The molecular weight excluding hydrogens is 446 g/mol. The van der Waals surface area contributed by atoms with E-state index in [4.69, 9.17) is 9.88 Å². The molecule has 0 amide bonds. The van der Waals surface area contributed by atoms with Gasteiger partial charge in [0.15, 0.2) is 5.13 Å². The highest BCUT2D eigenvalue weighted by Crippen LogP contribution is 2.34. The molecule has 2 aromatic heterocycles. The zero-order chi connectivity index (χ0) is 22.7. The standard InChI is InChI=1S/C22H27N5O3S2/c1-15(2)30-20-8-7-17(32(23,28)29)12-18(20)25-22-26-19(14-31-22)16-6-9-21(24-13-16)27-10-4-3-5-11-27/h6-9,12-15H,3-5,10-11H2,1-2H3,(H,25,26)(H2,23,28,29). The molecule has 3 aromatic rings. The van der Waals surface area contributed by atoms with Gasteiger partial charge in [-0.15, -0.1) is 11.3 Å². The number of aromatic nitrogens is 2. The Morgan fingerprint density at radius 2 is 1.94 bits per heavy atom. The zero-order valence-electron chi connectivity index (χ0n) is 18.1. The lowest BCUT2D eigenvalue weighted by molar-refractivity contribution is 0.243. The van der Waals surface area contributed by atoms with Crippen LogP contribution in [0, 0.1) is 0 Å². The highest BCUT2D eigenvalue weighted by molar-refractivity contribution is 7.89. The second kappa shape index (κ2) is 9.43. The number of primary sulfonamides is 1. The molecule has 1 aliphatic rings. The van der Waals surface area contributed by atoms with Gasteiger partial charge in [-0.25, -0.2) is 23.5 Å². The van der Waals surface area contributed by atoms with Crippen LogP contribution < -0.4 is 20.1 Å². The van der Waals surface area contributed by atoms with Gasteiger partial charge in [0.2, 0.25) is 10.0 Å². The van der Waals surface area contributed by atoms with Gasteiger partial charge < -0.3 is 15.0 Å². The highest BCUT2D eigenvalue weighted by atomic mass is 32.2. The fourth-order valence-corrected chi connectivity index (χ4v) is 4.84. The molecule has 170 valence electrons. The topological polar surface area (TPSA) is 110 Å². The predicted molar refractivity (Wildman–Crippen MR) is 128 cm³/mol. The van der Waals surface area contributed by atoms with Crippen molar-refractivity contribution in [1.82, 2.24) is 9.97 Å². The number of anilines is 3. The maximum absolute atomic E-state index is 11.8. The van der Waals surface area contributed by atoms with E-state index in [1.807, 2.05) is 37.6 Å². The number of rotatable bonds is 7. The monoisotopic (exact) mass is 473 g/mol. The molecule has 0 saturated carbocycles. The van der Waals surface area contributed by atoms with E-state index in [0.29, 0.717) is 16.6 Å². The van der Waals surface area contributed by atoms with Gasteiger partial charge in [0, 0.05) is 30.2 Å². The molecule has 0 unspecified atom stereocenters. The normalized spacial score (nSPS) is 14.6. The van der Waals surface area contributed by atoms with E-state index in [2.05, 4.69) is 20.2 Å². The average Bonchev–Trinajstić information content (AvgIpc) is 3.23. The van der Waals surface area contributed by atoms with Gasteiger partial charge in [-0.05, 0) is 63.4 Å². The largest absolute Gasteiger partial charge is 0.489 e. The molecule has 4 rings (SSSR count). The summed E-state index contributed by atoms with van der Waals surface area (Å²) in [5.74, 6) is 1.52. The van der Waals surface area contributed by atoms with Crippen molar-refractivity contribution in [3.8, 4) is 17.0 Å². The van der Waals surface area contributed by atoms with E-state index >= 15 is 0 Å². The van der Waals surface area contributed by atoms with Crippen molar-refractivity contribution in [3.63, 3.8) is 0 Å². The number of piperidine rings is 1. The number of ether oxygens (including phenoxy) is 1. The van der Waals surface area contributed by atoms with Crippen LogP contribution in [0.4, 0.5) is 16.6 Å². The third kappa shape index (κ3) is 5.37. The van der Waals surface area contributed by atoms with E-state index in [-0.39, 0.29) is 11.0 Å². The van der Waals surface area contributed by atoms with Crippen LogP contribution in [-0.2, 0) is 10.0 Å². The van der Waals surface area contributed by atoms with Gasteiger partial charge in [0.25, 0.3) is 0 Å². The number of hydrogen-bond donors (Lipinski definition) is 2. The molecule has 0 radical (unpaired) electrons. The summed E-state index contributed by atoms with van der Waals surface area (Å²) in [5.41, 5.74) is 2.21. The molecule has 1 aliphatic heterocycles. The maximum atomic E-state index is 11.8. The zero-order valence-corrected chi connectivity index (χ0v) is 19.7. The fourth-order valence-electron chi connectivity index (χ4n) is 3.57. The van der Waals surface area contributed by atoms with Gasteiger partial charge in [0.05, 0.1) is 22.4 Å². The lowest BCUT2D eigenvalue weighted by Crippen LogP contribution is -2.29. The Morgan fingerprint density at radius 3 is 2.59 bits per heavy atom. The Labute approximate surface area is 192 Å². The summed E-state index contributed by atoms with van der Waals surface area (Å²) in [6.07, 6.45) is 5.47. The minimum Gasteiger partial charge on any atom is -0.489 e. The lowest BCUT2D eigenvalue weighted by Gasteiger charge is -2.27. The first-order valence-electron chi connectivity index (χ1n) is 10.6. The van der Waals surface area contributed by atoms with Crippen molar-refractivity contribution < 1.29 is 13.2 Å². The second-order valence-electron chi connectivity index (χ2n) is 7.99. The van der Waals surface area contributed by atoms with Gasteiger partial charge in [-0.3, -0.25) is 0 Å². The number of nitrogens with one attached hydrogen (secondary N) is 1. The Morgan fingerprint density at radius 1 is 1.16 bits per heavy atom. The Bertz CT molecular complexity index is 1170. The number of benzene rings is 1. The van der Waals surface area contributed by atoms with Gasteiger partial charge in [0.1, 0.15) is 11.6 Å². The number of sulfonamides is 1. The number of thiazole rings is 1. The Hall–Kier alpha value is -2.69. The summed E-state index contributed by atoms with van der Waals surface area (Å²) in [5, 5.41) is 11.0. The molecule has 3 N–H and O–H groups in total. The van der Waals surface area contributed by atoms with Crippen molar-refractivity contribution in [2.75, 3.05) is 23.3 Å². The number of pyridine rings is 1. The quantitative estimate of drug-likeness (QED) is 0.524. The van der Waals surface area contributed by atoms with Crippen LogP contribution in [0.3, 0.4) is 0 Å². The second-order valence-corrected chi connectivity index (χ2v) is 10.4. The molecule has 1 fully saturated rings. The van der Waals surface area contributed by atoms with E-state index in [1.54, 1.807) is 6.07 Å². The first-order chi connectivity index (χ1) is 15.3. The molecular formula is C22H27N5O3S2. The summed E-state index contributed by atoms with van der Waals surface area (Å²) in [4.78, 5) is 11.6. The molecule has 32 heavy (non-hydrogen) atoms. The highest BCUT2D eigenvalue weighted by Gasteiger charge is 2.16. The van der Waals surface area contributed by atoms with Gasteiger partial charge in [-0.2, -0.15) is 0 Å². The summed E-state index contributed by atoms with van der Waals surface area (Å²) >= 11 is 1.42. The van der Waals surface area contributed by atoms with Crippen molar-refractivity contribution in [2.45, 2.75) is 44.1 Å². The molecule has 10 heteroatoms. The summed E-state index contributed by atoms with van der Waals surface area (Å²) in [6.45, 7) is 5.91. The third-order valence-electron chi connectivity index (χ3n) is 5.11. The summed E-state index contributed by atoms with van der Waals surface area (Å²) < 4.78 is 29.4. The van der Waals surface area contributed by atoms with Crippen LogP contribution in [0.25, 0.3) is 11.3 Å². The minimum absolute atomic E-state index is 0.00499. The van der Waals surface area contributed by atoms with E-state index in [1.165, 1.54) is 42.7 Å². The van der Waals surface area contributed by atoms with Crippen molar-refractivity contribution in [2.24, 2.45) is 5.14 Å². The first-order valence-corrected chi connectivity index (χ1v) is 13.0. The number of nitrogens with zero attached hydrogens (tertiary/aromatic N) is 3. The number of hydrogen-bond acceptors (Lipinski definition) is 8. The smallest absolute Gasteiger partial charge is 0.238 e. The van der Waals surface area contributed by atoms with Crippen molar-refractivity contribution >= 4 is 38.0 Å². The Balaban J connectivity index is 1.55. The molecule has 0 bridgehead atoms. The fraction of sp³-hybridized carbons (Fsp3) is 0.364. The molecule has 8 nitrogen and oxygen atoms in total. The van der Waals surface area contributed by atoms with E-state index < -0.39 is 10.0 Å². The van der Waals surface area contributed by atoms with E-state index in [9.17, 15) is 8.42 Å². The van der Waals surface area contributed by atoms with Crippen LogP contribution in [0.5, 0.6) is 5.75 Å². The summed E-state index contributed by atoms with van der Waals surface area (Å²) in [7, 11) is -3.84. The third-order valence-corrected chi connectivity index (χ3v) is 6.78. The Kier molecular flexibility index (Phi) is 6.63. The molecule has 3 heterocycles. The van der Waals surface area contributed by atoms with Crippen LogP contribution in [0.1, 0.15) is 33.1 Å². The molecule has 0 atom stereocenters. The van der Waals surface area contributed by atoms with Crippen LogP contribution in [0.2, 0.25) is 0 Å². The van der Waals surface area contributed by atoms with Crippen molar-refractivity contribution in [3.05, 3.63) is 41.9 Å². The maximum Gasteiger partial charge on any atom is 0.238 e. The SMILES string of the molecule is CC(C)Oc1ccc(S(N)(=O)=O)cc1Nc1nc(-c2ccc(N3CCCCC3)nc2)cs1. The molecule has 0 spiro atoms. The predicted octanol–water partition coefficient (Wildman–Crippen LogP) is 4.37. The lowest BCUT2D eigenvalue weighted by atomic mass is 10.1. The first kappa shape index (κ1) is 22.5. The van der Waals surface area contributed by atoms with E-state index in [0.717, 1.165) is 30.2 Å². The molecule has 1 saturated heterocycles. The van der Waals surface area contributed by atoms with Gasteiger partial charge >= 0.3 is 0 Å².